The molecule has 2 amide bonds. The van der Waals surface area contributed by atoms with Crippen molar-refractivity contribution < 1.29 is 9.59 Å². The van der Waals surface area contributed by atoms with Crippen LogP contribution in [0.4, 0.5) is 0 Å². The average Bonchev–Trinajstić information content (AvgIpc) is 2.68. The normalized spacial score (nSPS) is 21.4. The molecule has 1 saturated heterocycles. The van der Waals surface area contributed by atoms with Crippen molar-refractivity contribution in [2.75, 3.05) is 13.1 Å². The Balaban J connectivity index is 2.29. The third-order valence-corrected chi connectivity index (χ3v) is 3.02. The monoisotopic (exact) mass is 241 g/mol. The van der Waals surface area contributed by atoms with Crippen LogP contribution in [0.15, 0.2) is 0 Å². The standard InChI is InChI=1S/C12H23N3O2/c1-8(2)5-9(6-13)12(17)14-7-10-3-4-11(16)15-10/h8-10H,3-7,13H2,1-2H3,(H,14,17)(H,15,16). The summed E-state index contributed by atoms with van der Waals surface area (Å²) in [5.41, 5.74) is 5.60. The molecule has 98 valence electrons. The van der Waals surface area contributed by atoms with E-state index in [1.807, 2.05) is 0 Å². The van der Waals surface area contributed by atoms with Gasteiger partial charge < -0.3 is 16.4 Å². The van der Waals surface area contributed by atoms with Crippen LogP contribution in [0.3, 0.4) is 0 Å². The van der Waals surface area contributed by atoms with Gasteiger partial charge in [-0.3, -0.25) is 9.59 Å². The van der Waals surface area contributed by atoms with Crippen LogP contribution in [0.2, 0.25) is 0 Å². The molecule has 1 aliphatic heterocycles. The van der Waals surface area contributed by atoms with E-state index in [1.165, 1.54) is 0 Å². The second kappa shape index (κ2) is 6.59. The summed E-state index contributed by atoms with van der Waals surface area (Å²) in [4.78, 5) is 22.8. The summed E-state index contributed by atoms with van der Waals surface area (Å²) in [6.45, 7) is 5.04. The van der Waals surface area contributed by atoms with Gasteiger partial charge in [0.25, 0.3) is 0 Å². The second-order valence-electron chi connectivity index (χ2n) is 5.11. The molecule has 0 bridgehead atoms. The van der Waals surface area contributed by atoms with Crippen LogP contribution in [-0.4, -0.2) is 30.9 Å². The molecule has 0 radical (unpaired) electrons. The highest BCUT2D eigenvalue weighted by molar-refractivity contribution is 5.80. The van der Waals surface area contributed by atoms with Gasteiger partial charge in [0.05, 0.1) is 5.92 Å². The molecule has 0 aliphatic carbocycles. The SMILES string of the molecule is CC(C)CC(CN)C(=O)NCC1CCC(=O)N1. The van der Waals surface area contributed by atoms with Crippen LogP contribution in [0.5, 0.6) is 0 Å². The summed E-state index contributed by atoms with van der Waals surface area (Å²) < 4.78 is 0. The van der Waals surface area contributed by atoms with E-state index in [9.17, 15) is 9.59 Å². The largest absolute Gasteiger partial charge is 0.354 e. The van der Waals surface area contributed by atoms with Gasteiger partial charge in [-0.05, 0) is 18.8 Å². The van der Waals surface area contributed by atoms with Gasteiger partial charge in [-0.1, -0.05) is 13.8 Å². The van der Waals surface area contributed by atoms with Crippen LogP contribution >= 0.6 is 0 Å². The fourth-order valence-corrected chi connectivity index (χ4v) is 2.08. The van der Waals surface area contributed by atoms with Gasteiger partial charge in [-0.15, -0.1) is 0 Å². The molecule has 0 aromatic rings. The number of amides is 2. The molecular weight excluding hydrogens is 218 g/mol. The number of hydrogen-bond acceptors (Lipinski definition) is 3. The van der Waals surface area contributed by atoms with Gasteiger partial charge in [-0.25, -0.2) is 0 Å². The maximum Gasteiger partial charge on any atom is 0.224 e. The van der Waals surface area contributed by atoms with Gasteiger partial charge in [-0.2, -0.15) is 0 Å². The maximum absolute atomic E-state index is 11.8. The third kappa shape index (κ3) is 4.73. The van der Waals surface area contributed by atoms with Crippen molar-refractivity contribution in [1.82, 2.24) is 10.6 Å². The molecule has 1 heterocycles. The first kappa shape index (κ1) is 14.0. The number of hydrogen-bond donors (Lipinski definition) is 3. The van der Waals surface area contributed by atoms with Crippen molar-refractivity contribution in [2.45, 2.75) is 39.2 Å². The zero-order valence-electron chi connectivity index (χ0n) is 10.7. The first-order valence-electron chi connectivity index (χ1n) is 6.30. The zero-order chi connectivity index (χ0) is 12.8. The van der Waals surface area contributed by atoms with Gasteiger partial charge in [0.2, 0.25) is 11.8 Å². The minimum atomic E-state index is -0.118. The lowest BCUT2D eigenvalue weighted by molar-refractivity contribution is -0.125. The first-order valence-corrected chi connectivity index (χ1v) is 6.30. The van der Waals surface area contributed by atoms with E-state index in [0.29, 0.717) is 25.4 Å². The van der Waals surface area contributed by atoms with E-state index in [1.54, 1.807) is 0 Å². The van der Waals surface area contributed by atoms with Gasteiger partial charge in [0, 0.05) is 25.6 Å². The van der Waals surface area contributed by atoms with Crippen molar-refractivity contribution in [3.05, 3.63) is 0 Å². The van der Waals surface area contributed by atoms with Crippen LogP contribution in [0.1, 0.15) is 33.1 Å². The topological polar surface area (TPSA) is 84.2 Å². The predicted octanol–water partition coefficient (Wildman–Crippen LogP) is 0.00220. The van der Waals surface area contributed by atoms with Crippen LogP contribution < -0.4 is 16.4 Å². The quantitative estimate of drug-likeness (QED) is 0.612. The molecule has 1 aliphatic rings. The molecule has 0 aromatic carbocycles. The molecule has 0 saturated carbocycles. The Morgan fingerprint density at radius 2 is 2.29 bits per heavy atom. The molecule has 17 heavy (non-hydrogen) atoms. The first-order chi connectivity index (χ1) is 8.02. The summed E-state index contributed by atoms with van der Waals surface area (Å²) in [5.74, 6) is 0.414. The molecular formula is C12H23N3O2. The number of nitrogens with one attached hydrogen (secondary N) is 2. The number of carbonyl (C=O) groups excluding carboxylic acids is 2. The number of carbonyl (C=O) groups is 2. The molecule has 2 unspecified atom stereocenters. The lowest BCUT2D eigenvalue weighted by atomic mass is 9.96. The Bertz CT molecular complexity index is 279. The molecule has 5 heteroatoms. The predicted molar refractivity (Wildman–Crippen MR) is 66.2 cm³/mol. The van der Waals surface area contributed by atoms with E-state index >= 15 is 0 Å². The Hall–Kier alpha value is -1.10. The van der Waals surface area contributed by atoms with E-state index in [-0.39, 0.29) is 23.8 Å². The summed E-state index contributed by atoms with van der Waals surface area (Å²) >= 11 is 0. The van der Waals surface area contributed by atoms with E-state index in [4.69, 9.17) is 5.73 Å². The Morgan fingerprint density at radius 1 is 1.59 bits per heavy atom. The Morgan fingerprint density at radius 3 is 2.76 bits per heavy atom. The fourth-order valence-electron chi connectivity index (χ4n) is 2.08. The van der Waals surface area contributed by atoms with Gasteiger partial charge in [0.1, 0.15) is 0 Å². The van der Waals surface area contributed by atoms with Gasteiger partial charge >= 0.3 is 0 Å². The summed E-state index contributed by atoms with van der Waals surface area (Å²) in [6, 6.07) is 0.0870. The second-order valence-corrected chi connectivity index (χ2v) is 5.11. The van der Waals surface area contributed by atoms with Crippen molar-refractivity contribution in [1.29, 1.82) is 0 Å². The van der Waals surface area contributed by atoms with E-state index < -0.39 is 0 Å². The highest BCUT2D eigenvalue weighted by Gasteiger charge is 2.23. The van der Waals surface area contributed by atoms with Crippen molar-refractivity contribution in [3.63, 3.8) is 0 Å². The summed E-state index contributed by atoms with van der Waals surface area (Å²) in [5, 5.41) is 5.69. The molecule has 0 aromatic heterocycles. The van der Waals surface area contributed by atoms with Crippen LogP contribution in [-0.2, 0) is 9.59 Å². The minimum absolute atomic E-state index is 0.00217. The van der Waals surface area contributed by atoms with Crippen LogP contribution in [0, 0.1) is 11.8 Å². The minimum Gasteiger partial charge on any atom is -0.354 e. The molecule has 4 N–H and O–H groups in total. The Kier molecular flexibility index (Phi) is 5.41. The highest BCUT2D eigenvalue weighted by Crippen LogP contribution is 2.11. The van der Waals surface area contributed by atoms with Gasteiger partial charge in [0.15, 0.2) is 0 Å². The van der Waals surface area contributed by atoms with Crippen molar-refractivity contribution in [2.24, 2.45) is 17.6 Å². The summed E-state index contributed by atoms with van der Waals surface area (Å²) in [6.07, 6.45) is 2.17. The smallest absolute Gasteiger partial charge is 0.224 e. The summed E-state index contributed by atoms with van der Waals surface area (Å²) in [7, 11) is 0. The molecule has 0 spiro atoms. The highest BCUT2D eigenvalue weighted by atomic mass is 16.2. The fraction of sp³-hybridized carbons (Fsp3) is 0.833. The maximum atomic E-state index is 11.8. The zero-order valence-corrected chi connectivity index (χ0v) is 10.7. The molecule has 5 nitrogen and oxygen atoms in total. The number of nitrogens with two attached hydrogens (primary N) is 1. The molecule has 2 atom stereocenters. The van der Waals surface area contributed by atoms with Crippen molar-refractivity contribution >= 4 is 11.8 Å². The van der Waals surface area contributed by atoms with E-state index in [2.05, 4.69) is 24.5 Å². The lowest BCUT2D eigenvalue weighted by Crippen LogP contribution is -2.42. The number of rotatable bonds is 6. The van der Waals surface area contributed by atoms with Crippen molar-refractivity contribution in [3.8, 4) is 0 Å². The molecule has 1 rings (SSSR count). The van der Waals surface area contributed by atoms with E-state index in [0.717, 1.165) is 12.8 Å². The third-order valence-electron chi connectivity index (χ3n) is 3.02. The Labute approximate surface area is 103 Å². The lowest BCUT2D eigenvalue weighted by Gasteiger charge is -2.18. The van der Waals surface area contributed by atoms with Crippen LogP contribution in [0.25, 0.3) is 0 Å². The molecule has 1 fully saturated rings. The average molecular weight is 241 g/mol.